The van der Waals surface area contributed by atoms with Gasteiger partial charge in [0.15, 0.2) is 0 Å². The van der Waals surface area contributed by atoms with Crippen LogP contribution in [0.15, 0.2) is 0 Å². The van der Waals surface area contributed by atoms with Crippen LogP contribution in [-0.4, -0.2) is 72.0 Å². The molecule has 0 aromatic heterocycles. The molecule has 0 aromatic carbocycles. The first kappa shape index (κ1) is 17.3. The molecule has 0 aliphatic carbocycles. The van der Waals surface area contributed by atoms with Crippen molar-refractivity contribution < 1.29 is 22.7 Å². The monoisotopic (exact) mass is 282 g/mol. The smallest absolute Gasteiger partial charge is 0.235 e. The van der Waals surface area contributed by atoms with Crippen LogP contribution in [0.3, 0.4) is 0 Å². The van der Waals surface area contributed by atoms with Gasteiger partial charge >= 0.3 is 0 Å². The van der Waals surface area contributed by atoms with Crippen molar-refractivity contribution in [1.29, 1.82) is 0 Å². The van der Waals surface area contributed by atoms with Gasteiger partial charge < -0.3 is 14.8 Å². The molecule has 0 aliphatic rings. The van der Waals surface area contributed by atoms with E-state index in [1.165, 1.54) is 7.11 Å². The Bertz CT molecular complexity index is 331. The molecule has 0 fully saturated rings. The number of nitrogens with one attached hydrogen (secondary N) is 1. The number of amides is 1. The summed E-state index contributed by atoms with van der Waals surface area (Å²) in [6.45, 7) is 1.26. The summed E-state index contributed by atoms with van der Waals surface area (Å²) >= 11 is 0. The zero-order valence-corrected chi connectivity index (χ0v) is 12.0. The van der Waals surface area contributed by atoms with E-state index in [0.717, 1.165) is 10.6 Å². The molecule has 0 bridgehead atoms. The lowest BCUT2D eigenvalue weighted by molar-refractivity contribution is -0.121. The molecule has 1 N–H and O–H groups in total. The molecule has 108 valence electrons. The number of hydrogen-bond acceptors (Lipinski definition) is 5. The average molecular weight is 282 g/mol. The van der Waals surface area contributed by atoms with Crippen molar-refractivity contribution in [3.05, 3.63) is 0 Å². The van der Waals surface area contributed by atoms with E-state index in [4.69, 9.17) is 9.47 Å². The van der Waals surface area contributed by atoms with E-state index in [1.807, 2.05) is 0 Å². The quantitative estimate of drug-likeness (QED) is 0.522. The highest BCUT2D eigenvalue weighted by Crippen LogP contribution is 1.97. The van der Waals surface area contributed by atoms with E-state index in [0.29, 0.717) is 19.6 Å². The van der Waals surface area contributed by atoms with Crippen molar-refractivity contribution >= 4 is 15.9 Å². The fourth-order valence-corrected chi connectivity index (χ4v) is 1.97. The van der Waals surface area contributed by atoms with Crippen LogP contribution in [0, 0.1) is 0 Å². The highest BCUT2D eigenvalue weighted by molar-refractivity contribution is 7.88. The maximum absolute atomic E-state index is 11.5. The number of nitrogens with zero attached hydrogens (tertiary/aromatic N) is 1. The zero-order chi connectivity index (χ0) is 14.0. The van der Waals surface area contributed by atoms with Gasteiger partial charge in [-0.05, 0) is 6.42 Å². The summed E-state index contributed by atoms with van der Waals surface area (Å²) in [5, 5.41) is 2.63. The molecule has 0 aliphatic heterocycles. The number of sulfonamides is 1. The summed E-state index contributed by atoms with van der Waals surface area (Å²) in [5.74, 6) is -0.326. The largest absolute Gasteiger partial charge is 0.385 e. The molecule has 0 spiro atoms. The standard InChI is InChI=1S/C10H22N2O5S/c1-16-7-4-5-11-10(13)9-12(6-8-17-2)18(3,14)15/h4-9H2,1-3H3,(H,11,13). The molecule has 0 aromatic rings. The van der Waals surface area contributed by atoms with Gasteiger partial charge in [-0.25, -0.2) is 8.42 Å². The summed E-state index contributed by atoms with van der Waals surface area (Å²) in [5.41, 5.74) is 0. The minimum absolute atomic E-state index is 0.167. The molecule has 0 rings (SSSR count). The number of rotatable bonds is 10. The van der Waals surface area contributed by atoms with Crippen molar-refractivity contribution in [1.82, 2.24) is 9.62 Å². The predicted octanol–water partition coefficient (Wildman–Crippen LogP) is -0.953. The van der Waals surface area contributed by atoms with Crippen LogP contribution >= 0.6 is 0 Å². The van der Waals surface area contributed by atoms with Gasteiger partial charge in [0.2, 0.25) is 15.9 Å². The summed E-state index contributed by atoms with van der Waals surface area (Å²) < 4.78 is 33.6. The Kier molecular flexibility index (Phi) is 8.90. The number of hydrogen-bond donors (Lipinski definition) is 1. The fourth-order valence-electron chi connectivity index (χ4n) is 1.22. The third kappa shape index (κ3) is 8.40. The number of carbonyl (C=O) groups excluding carboxylic acids is 1. The zero-order valence-electron chi connectivity index (χ0n) is 11.1. The van der Waals surface area contributed by atoms with Crippen LogP contribution in [0.1, 0.15) is 6.42 Å². The topological polar surface area (TPSA) is 84.9 Å². The van der Waals surface area contributed by atoms with Crippen LogP contribution in [0.4, 0.5) is 0 Å². The first-order valence-corrected chi connectivity index (χ1v) is 7.46. The molecule has 1 amide bonds. The van der Waals surface area contributed by atoms with E-state index in [1.54, 1.807) is 7.11 Å². The first-order chi connectivity index (χ1) is 8.41. The van der Waals surface area contributed by atoms with Crippen molar-refractivity contribution in [3.8, 4) is 0 Å². The summed E-state index contributed by atoms with van der Waals surface area (Å²) in [6.07, 6.45) is 1.76. The molecule has 0 atom stereocenters. The van der Waals surface area contributed by atoms with Gasteiger partial charge in [0, 0.05) is 33.9 Å². The second kappa shape index (κ2) is 9.26. The van der Waals surface area contributed by atoms with Crippen LogP contribution < -0.4 is 5.32 Å². The third-order valence-corrected chi connectivity index (χ3v) is 3.43. The Balaban J connectivity index is 4.11. The van der Waals surface area contributed by atoms with Crippen molar-refractivity contribution in [2.45, 2.75) is 6.42 Å². The second-order valence-corrected chi connectivity index (χ2v) is 5.77. The number of ether oxygens (including phenoxy) is 2. The molecular weight excluding hydrogens is 260 g/mol. The molecular formula is C10H22N2O5S. The maximum atomic E-state index is 11.5. The summed E-state index contributed by atoms with van der Waals surface area (Å²) in [7, 11) is -0.341. The van der Waals surface area contributed by atoms with Gasteiger partial charge in [-0.2, -0.15) is 4.31 Å². The SMILES string of the molecule is COCCCNC(=O)CN(CCOC)S(C)(=O)=O. The van der Waals surface area contributed by atoms with E-state index in [2.05, 4.69) is 5.32 Å². The second-order valence-electron chi connectivity index (χ2n) is 3.79. The van der Waals surface area contributed by atoms with E-state index in [-0.39, 0.29) is 25.6 Å². The lowest BCUT2D eigenvalue weighted by Gasteiger charge is -2.18. The molecule has 0 saturated carbocycles. The van der Waals surface area contributed by atoms with Gasteiger partial charge in [-0.3, -0.25) is 4.79 Å². The first-order valence-electron chi connectivity index (χ1n) is 5.61. The maximum Gasteiger partial charge on any atom is 0.235 e. The van der Waals surface area contributed by atoms with Crippen LogP contribution in [0.5, 0.6) is 0 Å². The van der Waals surface area contributed by atoms with Gasteiger partial charge in [-0.15, -0.1) is 0 Å². The number of carbonyl (C=O) groups is 1. The minimum Gasteiger partial charge on any atom is -0.385 e. The molecule has 0 saturated heterocycles. The molecule has 18 heavy (non-hydrogen) atoms. The van der Waals surface area contributed by atoms with Crippen LogP contribution in [0.2, 0.25) is 0 Å². The van der Waals surface area contributed by atoms with Gasteiger partial charge in [0.25, 0.3) is 0 Å². The summed E-state index contributed by atoms with van der Waals surface area (Å²) in [6, 6.07) is 0. The van der Waals surface area contributed by atoms with Crippen molar-refractivity contribution in [2.75, 3.05) is 53.3 Å². The predicted molar refractivity (Wildman–Crippen MR) is 67.8 cm³/mol. The molecule has 0 radical (unpaired) electrons. The minimum atomic E-state index is -3.40. The fraction of sp³-hybridized carbons (Fsp3) is 0.900. The normalized spacial score (nSPS) is 11.8. The highest BCUT2D eigenvalue weighted by atomic mass is 32.2. The Morgan fingerprint density at radius 2 is 1.83 bits per heavy atom. The third-order valence-electron chi connectivity index (χ3n) is 2.18. The van der Waals surface area contributed by atoms with Gasteiger partial charge in [0.05, 0.1) is 19.4 Å². The van der Waals surface area contributed by atoms with Crippen LogP contribution in [-0.2, 0) is 24.3 Å². The van der Waals surface area contributed by atoms with Crippen LogP contribution in [0.25, 0.3) is 0 Å². The average Bonchev–Trinajstić information content (AvgIpc) is 2.28. The Morgan fingerprint density at radius 1 is 1.22 bits per heavy atom. The van der Waals surface area contributed by atoms with Gasteiger partial charge in [0.1, 0.15) is 0 Å². The molecule has 0 unspecified atom stereocenters. The van der Waals surface area contributed by atoms with E-state index < -0.39 is 10.0 Å². The molecule has 8 heteroatoms. The van der Waals surface area contributed by atoms with Gasteiger partial charge in [-0.1, -0.05) is 0 Å². The molecule has 0 heterocycles. The lowest BCUT2D eigenvalue weighted by Crippen LogP contribution is -2.42. The molecule has 7 nitrogen and oxygen atoms in total. The lowest BCUT2D eigenvalue weighted by atomic mass is 10.4. The van der Waals surface area contributed by atoms with E-state index in [9.17, 15) is 13.2 Å². The van der Waals surface area contributed by atoms with Crippen molar-refractivity contribution in [3.63, 3.8) is 0 Å². The summed E-state index contributed by atoms with van der Waals surface area (Å²) in [4.78, 5) is 11.5. The number of methoxy groups -OCH3 is 2. The Morgan fingerprint density at radius 3 is 2.33 bits per heavy atom. The van der Waals surface area contributed by atoms with Crippen molar-refractivity contribution in [2.24, 2.45) is 0 Å². The van der Waals surface area contributed by atoms with E-state index >= 15 is 0 Å². The highest BCUT2D eigenvalue weighted by Gasteiger charge is 2.19. The Labute approximate surface area is 108 Å². The Hall–Kier alpha value is -0.700.